The Kier molecular flexibility index (Phi) is 5.92. The van der Waals surface area contributed by atoms with E-state index in [0.29, 0.717) is 25.2 Å². The number of carbonyl (C=O) groups is 1. The van der Waals surface area contributed by atoms with Crippen molar-refractivity contribution >= 4 is 5.97 Å². The molecule has 0 saturated carbocycles. The predicted octanol–water partition coefficient (Wildman–Crippen LogP) is 1.56. The van der Waals surface area contributed by atoms with E-state index < -0.39 is 6.10 Å². The Morgan fingerprint density at radius 2 is 2.00 bits per heavy atom. The highest BCUT2D eigenvalue weighted by atomic mass is 16.5. The Morgan fingerprint density at radius 1 is 1.41 bits per heavy atom. The molecule has 3 atom stereocenters. The summed E-state index contributed by atoms with van der Waals surface area (Å²) < 4.78 is 4.84. The molecule has 1 aliphatic heterocycles. The number of β-amino-alcohol motifs (C(OH)–C–C–N with tert-alkyl or cyclic N) is 1. The third-order valence-electron chi connectivity index (χ3n) is 3.51. The average molecular weight is 243 g/mol. The Balaban J connectivity index is 2.38. The molecule has 1 rings (SSSR count). The number of aliphatic hydroxyl groups is 1. The number of rotatable bonds is 5. The van der Waals surface area contributed by atoms with Crippen LogP contribution in [0.5, 0.6) is 0 Å². The quantitative estimate of drug-likeness (QED) is 0.745. The van der Waals surface area contributed by atoms with Crippen molar-refractivity contribution in [3.63, 3.8) is 0 Å². The minimum absolute atomic E-state index is 0.101. The van der Waals surface area contributed by atoms with E-state index in [1.165, 1.54) is 19.3 Å². The van der Waals surface area contributed by atoms with Crippen LogP contribution in [0.1, 0.15) is 46.5 Å². The van der Waals surface area contributed by atoms with Gasteiger partial charge in [0.15, 0.2) is 0 Å². The van der Waals surface area contributed by atoms with Crippen molar-refractivity contribution < 1.29 is 14.6 Å². The number of piperidine rings is 1. The van der Waals surface area contributed by atoms with Gasteiger partial charge in [0.1, 0.15) is 0 Å². The fraction of sp³-hybridized carbons (Fsp3) is 0.923. The van der Waals surface area contributed by atoms with Crippen LogP contribution >= 0.6 is 0 Å². The maximum Gasteiger partial charge on any atom is 0.308 e. The highest BCUT2D eigenvalue weighted by Crippen LogP contribution is 2.22. The predicted molar refractivity (Wildman–Crippen MR) is 66.7 cm³/mol. The lowest BCUT2D eigenvalue weighted by Gasteiger charge is -2.39. The van der Waals surface area contributed by atoms with Crippen molar-refractivity contribution in [3.05, 3.63) is 0 Å². The molecule has 100 valence electrons. The number of likely N-dealkylation sites (tertiary alicyclic amines) is 1. The molecule has 0 aromatic rings. The van der Waals surface area contributed by atoms with Gasteiger partial charge in [0.25, 0.3) is 0 Å². The van der Waals surface area contributed by atoms with Crippen LogP contribution in [-0.4, -0.2) is 47.3 Å². The molecule has 1 unspecified atom stereocenters. The highest BCUT2D eigenvalue weighted by Gasteiger charge is 2.27. The van der Waals surface area contributed by atoms with Crippen LogP contribution in [0.25, 0.3) is 0 Å². The Hall–Kier alpha value is -0.610. The average Bonchev–Trinajstić information content (AvgIpc) is 2.24. The zero-order valence-electron chi connectivity index (χ0n) is 11.2. The summed E-state index contributed by atoms with van der Waals surface area (Å²) in [6.07, 6.45) is 3.10. The molecule has 1 fully saturated rings. The summed E-state index contributed by atoms with van der Waals surface area (Å²) in [6.45, 7) is 7.10. The van der Waals surface area contributed by atoms with E-state index in [4.69, 9.17) is 4.74 Å². The van der Waals surface area contributed by atoms with E-state index in [0.717, 1.165) is 0 Å². The second-order valence-corrected chi connectivity index (χ2v) is 4.99. The molecule has 0 aromatic carbocycles. The van der Waals surface area contributed by atoms with Gasteiger partial charge in [-0.2, -0.15) is 0 Å². The molecule has 0 bridgehead atoms. The van der Waals surface area contributed by atoms with Crippen molar-refractivity contribution in [2.45, 2.75) is 64.6 Å². The minimum Gasteiger partial charge on any atom is -0.466 e. The smallest absolute Gasteiger partial charge is 0.308 e. The molecule has 0 amide bonds. The van der Waals surface area contributed by atoms with Crippen molar-refractivity contribution in [1.29, 1.82) is 0 Å². The zero-order chi connectivity index (χ0) is 12.8. The van der Waals surface area contributed by atoms with Crippen molar-refractivity contribution in [2.24, 2.45) is 0 Å². The van der Waals surface area contributed by atoms with Gasteiger partial charge in [0, 0.05) is 18.6 Å². The summed E-state index contributed by atoms with van der Waals surface area (Å²) in [7, 11) is 0. The number of aliphatic hydroxyl groups excluding tert-OH is 1. The van der Waals surface area contributed by atoms with E-state index in [1.54, 1.807) is 6.92 Å². The van der Waals surface area contributed by atoms with Gasteiger partial charge in [-0.1, -0.05) is 6.42 Å². The molecule has 0 aromatic heterocycles. The van der Waals surface area contributed by atoms with Gasteiger partial charge in [-0.3, -0.25) is 9.69 Å². The Bertz CT molecular complexity index is 235. The van der Waals surface area contributed by atoms with E-state index in [1.807, 2.05) is 0 Å². The van der Waals surface area contributed by atoms with Crippen LogP contribution in [0.3, 0.4) is 0 Å². The molecule has 0 radical (unpaired) electrons. The molecule has 4 heteroatoms. The van der Waals surface area contributed by atoms with Gasteiger partial charge < -0.3 is 9.84 Å². The molecular weight excluding hydrogens is 218 g/mol. The lowest BCUT2D eigenvalue weighted by Crippen LogP contribution is -2.47. The summed E-state index contributed by atoms with van der Waals surface area (Å²) >= 11 is 0. The second kappa shape index (κ2) is 6.97. The highest BCUT2D eigenvalue weighted by molar-refractivity contribution is 5.69. The number of hydrogen-bond acceptors (Lipinski definition) is 4. The zero-order valence-corrected chi connectivity index (χ0v) is 11.2. The van der Waals surface area contributed by atoms with E-state index in [2.05, 4.69) is 18.7 Å². The van der Waals surface area contributed by atoms with Gasteiger partial charge in [-0.15, -0.1) is 0 Å². The Labute approximate surface area is 104 Å². The molecule has 17 heavy (non-hydrogen) atoms. The first-order valence-corrected chi connectivity index (χ1v) is 6.64. The van der Waals surface area contributed by atoms with Gasteiger partial charge in [-0.25, -0.2) is 0 Å². The van der Waals surface area contributed by atoms with Gasteiger partial charge in [0.2, 0.25) is 0 Å². The van der Waals surface area contributed by atoms with E-state index in [-0.39, 0.29) is 12.4 Å². The van der Waals surface area contributed by atoms with E-state index >= 15 is 0 Å². The largest absolute Gasteiger partial charge is 0.466 e. The van der Waals surface area contributed by atoms with Crippen LogP contribution in [0.15, 0.2) is 0 Å². The normalized spacial score (nSPS) is 27.8. The number of carbonyl (C=O) groups excluding carboxylic acids is 1. The summed E-state index contributed by atoms with van der Waals surface area (Å²) in [5.41, 5.74) is 0. The fourth-order valence-corrected chi connectivity index (χ4v) is 2.55. The van der Waals surface area contributed by atoms with Gasteiger partial charge >= 0.3 is 5.97 Å². The van der Waals surface area contributed by atoms with Crippen LogP contribution in [0.4, 0.5) is 0 Å². The number of ether oxygens (including phenoxy) is 1. The molecular formula is C13H25NO3. The first kappa shape index (κ1) is 14.5. The molecule has 1 heterocycles. The lowest BCUT2D eigenvalue weighted by molar-refractivity contribution is -0.145. The van der Waals surface area contributed by atoms with E-state index in [9.17, 15) is 9.90 Å². The molecule has 1 N–H and O–H groups in total. The number of esters is 1. The van der Waals surface area contributed by atoms with Crippen LogP contribution < -0.4 is 0 Å². The molecule has 1 aliphatic rings. The minimum atomic E-state index is -0.614. The topological polar surface area (TPSA) is 49.8 Å². The first-order chi connectivity index (χ1) is 8.04. The molecule has 0 aliphatic carbocycles. The Morgan fingerprint density at radius 3 is 2.53 bits per heavy atom. The SMILES string of the molecule is CCOC(=O)CC(O)CN1[C@H](C)CCC[C@@H]1C. The standard InChI is InChI=1S/C13H25NO3/c1-4-17-13(16)8-12(15)9-14-10(2)6-5-7-11(14)3/h10-12,15H,4-9H2,1-3H3/t10-,11+,12?. The van der Waals surface area contributed by atoms with Crippen molar-refractivity contribution in [2.75, 3.05) is 13.2 Å². The van der Waals surface area contributed by atoms with Crippen molar-refractivity contribution in [3.8, 4) is 0 Å². The first-order valence-electron chi connectivity index (χ1n) is 6.64. The van der Waals surface area contributed by atoms with Crippen LogP contribution in [0.2, 0.25) is 0 Å². The van der Waals surface area contributed by atoms with Crippen LogP contribution in [0, 0.1) is 0 Å². The van der Waals surface area contributed by atoms with Gasteiger partial charge in [-0.05, 0) is 33.6 Å². The van der Waals surface area contributed by atoms with Crippen LogP contribution in [-0.2, 0) is 9.53 Å². The third kappa shape index (κ3) is 4.64. The molecule has 1 saturated heterocycles. The lowest BCUT2D eigenvalue weighted by atomic mass is 9.97. The summed E-state index contributed by atoms with van der Waals surface area (Å²) in [6, 6.07) is 0.992. The summed E-state index contributed by atoms with van der Waals surface area (Å²) in [5.74, 6) is -0.308. The second-order valence-electron chi connectivity index (χ2n) is 4.99. The number of nitrogens with zero attached hydrogens (tertiary/aromatic N) is 1. The van der Waals surface area contributed by atoms with Gasteiger partial charge in [0.05, 0.1) is 19.1 Å². The fourth-order valence-electron chi connectivity index (χ4n) is 2.55. The maximum absolute atomic E-state index is 11.3. The maximum atomic E-state index is 11.3. The number of hydrogen-bond donors (Lipinski definition) is 1. The third-order valence-corrected chi connectivity index (χ3v) is 3.51. The van der Waals surface area contributed by atoms with Crippen molar-refractivity contribution in [1.82, 2.24) is 4.90 Å². The monoisotopic (exact) mass is 243 g/mol. The molecule has 0 spiro atoms. The molecule has 4 nitrogen and oxygen atoms in total. The summed E-state index contributed by atoms with van der Waals surface area (Å²) in [4.78, 5) is 13.6. The summed E-state index contributed by atoms with van der Waals surface area (Å²) in [5, 5.41) is 9.89.